The molecule has 0 spiro atoms. The number of aliphatic hydroxyl groups is 2. The van der Waals surface area contributed by atoms with E-state index >= 15 is 0 Å². The zero-order valence-electron chi connectivity index (χ0n) is 51.3. The fourth-order valence-corrected chi connectivity index (χ4v) is 10.7. The Morgan fingerprint density at radius 1 is 0.368 bits per heavy atom. The lowest BCUT2D eigenvalue weighted by atomic mass is 10.0. The van der Waals surface area contributed by atoms with Crippen LogP contribution in [-0.4, -0.2) is 47.4 Å². The van der Waals surface area contributed by atoms with Gasteiger partial charge in [0.1, 0.15) is 0 Å². The Morgan fingerprint density at radius 3 is 1.03 bits per heavy atom. The summed E-state index contributed by atoms with van der Waals surface area (Å²) in [5, 5.41) is 23.2. The third-order valence-corrected chi connectivity index (χ3v) is 15.9. The smallest absolute Gasteiger partial charge is 0.305 e. The lowest BCUT2D eigenvalue weighted by molar-refractivity contribution is -0.143. The van der Waals surface area contributed by atoms with E-state index < -0.39 is 12.1 Å². The molecule has 0 saturated heterocycles. The molecule has 3 N–H and O–H groups in total. The zero-order chi connectivity index (χ0) is 55.0. The number of unbranched alkanes of at least 4 members (excludes halogenated alkanes) is 49. The summed E-state index contributed by atoms with van der Waals surface area (Å²) < 4.78 is 5.50. The molecule has 0 aliphatic carbocycles. The third kappa shape index (κ3) is 61.3. The Hall–Kier alpha value is -1.92. The fraction of sp³-hybridized carbons (Fsp3) is 0.886. The lowest BCUT2D eigenvalue weighted by Gasteiger charge is -2.20. The van der Waals surface area contributed by atoms with Crippen LogP contribution in [0.2, 0.25) is 0 Å². The molecular formula is C70H133NO5. The van der Waals surface area contributed by atoms with E-state index in [0.717, 1.165) is 51.4 Å². The first-order chi connectivity index (χ1) is 37.5. The van der Waals surface area contributed by atoms with E-state index in [1.807, 2.05) is 6.08 Å². The van der Waals surface area contributed by atoms with Gasteiger partial charge in [0.05, 0.1) is 25.4 Å². The number of nitrogens with one attached hydrogen (secondary N) is 1. The van der Waals surface area contributed by atoms with Crippen molar-refractivity contribution in [3.05, 3.63) is 36.5 Å². The first kappa shape index (κ1) is 74.1. The normalized spacial score (nSPS) is 12.7. The van der Waals surface area contributed by atoms with Crippen LogP contribution < -0.4 is 5.32 Å². The van der Waals surface area contributed by atoms with Crippen LogP contribution in [0, 0.1) is 0 Å². The number of carbonyl (C=O) groups is 2. The molecule has 6 nitrogen and oxygen atoms in total. The predicted molar refractivity (Wildman–Crippen MR) is 333 cm³/mol. The van der Waals surface area contributed by atoms with Gasteiger partial charge in [0, 0.05) is 12.8 Å². The molecular weight excluding hydrogens is 935 g/mol. The van der Waals surface area contributed by atoms with Crippen LogP contribution >= 0.6 is 0 Å². The number of aliphatic hydroxyl groups excluding tert-OH is 2. The Balaban J connectivity index is 3.40. The highest BCUT2D eigenvalue weighted by Crippen LogP contribution is 2.18. The number of allylic oxidation sites excluding steroid dienone is 5. The Bertz CT molecular complexity index is 1230. The van der Waals surface area contributed by atoms with Gasteiger partial charge in [-0.3, -0.25) is 9.59 Å². The molecule has 1 amide bonds. The first-order valence-corrected chi connectivity index (χ1v) is 34.3. The van der Waals surface area contributed by atoms with Crippen molar-refractivity contribution in [2.75, 3.05) is 13.2 Å². The Labute approximate surface area is 474 Å². The van der Waals surface area contributed by atoms with Gasteiger partial charge in [-0.25, -0.2) is 0 Å². The van der Waals surface area contributed by atoms with Crippen molar-refractivity contribution < 1.29 is 24.5 Å². The molecule has 0 aliphatic rings. The van der Waals surface area contributed by atoms with E-state index in [1.165, 1.54) is 295 Å². The molecule has 0 radical (unpaired) electrons. The number of esters is 1. The minimum atomic E-state index is -0.846. The SMILES string of the molecule is CCCCC/C=C\C/C=C\CCCCCCCCCC(=O)OCCCCCCCCCCCCCCCCCCCCCCCCC(=O)NC(CO)C(O)/C=C/CCCCCCCCCCCCCCCCCCCC. The van der Waals surface area contributed by atoms with Crippen LogP contribution in [-0.2, 0) is 14.3 Å². The van der Waals surface area contributed by atoms with Crippen LogP contribution in [0.3, 0.4) is 0 Å². The molecule has 0 bridgehead atoms. The molecule has 0 aromatic rings. The molecule has 448 valence electrons. The van der Waals surface area contributed by atoms with E-state index in [4.69, 9.17) is 4.74 Å². The van der Waals surface area contributed by atoms with Gasteiger partial charge in [-0.05, 0) is 64.2 Å². The van der Waals surface area contributed by atoms with Crippen molar-refractivity contribution in [3.63, 3.8) is 0 Å². The number of ether oxygens (including phenoxy) is 1. The molecule has 2 atom stereocenters. The van der Waals surface area contributed by atoms with Gasteiger partial charge in [0.25, 0.3) is 0 Å². The maximum Gasteiger partial charge on any atom is 0.305 e. The Kier molecular flexibility index (Phi) is 63.9. The number of amides is 1. The summed E-state index contributed by atoms with van der Waals surface area (Å²) in [4.78, 5) is 24.6. The summed E-state index contributed by atoms with van der Waals surface area (Å²) in [5.74, 6) is -0.0596. The number of hydrogen-bond acceptors (Lipinski definition) is 5. The molecule has 2 unspecified atom stereocenters. The van der Waals surface area contributed by atoms with Gasteiger partial charge in [-0.1, -0.05) is 333 Å². The van der Waals surface area contributed by atoms with Crippen LogP contribution in [0.1, 0.15) is 373 Å². The predicted octanol–water partition coefficient (Wildman–Crippen LogP) is 21.9. The van der Waals surface area contributed by atoms with E-state index in [0.29, 0.717) is 19.4 Å². The average Bonchev–Trinajstić information content (AvgIpc) is 3.42. The van der Waals surface area contributed by atoms with Crippen molar-refractivity contribution in [3.8, 4) is 0 Å². The van der Waals surface area contributed by atoms with E-state index in [-0.39, 0.29) is 18.5 Å². The van der Waals surface area contributed by atoms with Gasteiger partial charge in [0.2, 0.25) is 5.91 Å². The summed E-state index contributed by atoms with van der Waals surface area (Å²) >= 11 is 0. The minimum Gasteiger partial charge on any atom is -0.466 e. The zero-order valence-corrected chi connectivity index (χ0v) is 51.3. The standard InChI is InChI=1S/C70H133NO5/c1-3-5-7-9-11-13-15-17-19-21-22-27-31-34-38-42-46-50-54-58-62-68(73)67(66-72)71-69(74)63-59-55-51-47-43-39-35-32-28-25-23-24-26-29-33-37-41-45-49-53-57-61-65-76-70(75)64-60-56-52-48-44-40-36-30-20-18-16-14-12-10-8-6-4-2/h12,14,18,20,58,62,67-68,72-73H,3-11,13,15-17,19,21-57,59-61,63-66H2,1-2H3,(H,71,74)/b14-12-,20-18-,62-58+. The molecule has 76 heavy (non-hydrogen) atoms. The number of carbonyl (C=O) groups excluding carboxylic acids is 2. The van der Waals surface area contributed by atoms with E-state index in [2.05, 4.69) is 43.5 Å². The minimum absolute atomic E-state index is 0.00543. The highest BCUT2D eigenvalue weighted by atomic mass is 16.5. The van der Waals surface area contributed by atoms with Crippen LogP contribution in [0.4, 0.5) is 0 Å². The quantitative estimate of drug-likeness (QED) is 0.0320. The molecule has 0 rings (SSSR count). The second kappa shape index (κ2) is 65.6. The van der Waals surface area contributed by atoms with Gasteiger partial charge in [-0.15, -0.1) is 0 Å². The molecule has 0 aromatic carbocycles. The average molecular weight is 1070 g/mol. The van der Waals surface area contributed by atoms with Gasteiger partial charge in [0.15, 0.2) is 0 Å². The van der Waals surface area contributed by atoms with Crippen LogP contribution in [0.15, 0.2) is 36.5 Å². The van der Waals surface area contributed by atoms with E-state index in [1.54, 1.807) is 6.08 Å². The van der Waals surface area contributed by atoms with Crippen molar-refractivity contribution in [2.45, 2.75) is 386 Å². The second-order valence-corrected chi connectivity index (χ2v) is 23.5. The fourth-order valence-electron chi connectivity index (χ4n) is 10.7. The van der Waals surface area contributed by atoms with Crippen molar-refractivity contribution in [1.29, 1.82) is 0 Å². The highest BCUT2D eigenvalue weighted by Gasteiger charge is 2.18. The number of hydrogen-bond donors (Lipinski definition) is 3. The lowest BCUT2D eigenvalue weighted by Crippen LogP contribution is -2.45. The summed E-state index contributed by atoms with van der Waals surface area (Å²) in [6.45, 7) is 4.90. The topological polar surface area (TPSA) is 95.9 Å². The summed E-state index contributed by atoms with van der Waals surface area (Å²) in [7, 11) is 0. The molecule has 0 fully saturated rings. The first-order valence-electron chi connectivity index (χ1n) is 34.3. The molecule has 6 heteroatoms. The molecule has 0 heterocycles. The largest absolute Gasteiger partial charge is 0.466 e. The van der Waals surface area contributed by atoms with Gasteiger partial charge in [-0.2, -0.15) is 0 Å². The summed E-state index contributed by atoms with van der Waals surface area (Å²) in [6.07, 6.45) is 83.5. The monoisotopic (exact) mass is 1070 g/mol. The summed E-state index contributed by atoms with van der Waals surface area (Å²) in [5.41, 5.74) is 0. The van der Waals surface area contributed by atoms with Crippen LogP contribution in [0.25, 0.3) is 0 Å². The van der Waals surface area contributed by atoms with Crippen LogP contribution in [0.5, 0.6) is 0 Å². The van der Waals surface area contributed by atoms with Crippen molar-refractivity contribution in [1.82, 2.24) is 5.32 Å². The number of rotatable bonds is 64. The highest BCUT2D eigenvalue weighted by molar-refractivity contribution is 5.76. The van der Waals surface area contributed by atoms with E-state index in [9.17, 15) is 19.8 Å². The second-order valence-electron chi connectivity index (χ2n) is 23.5. The summed E-state index contributed by atoms with van der Waals surface area (Å²) in [6, 6.07) is -0.629. The van der Waals surface area contributed by atoms with Gasteiger partial charge >= 0.3 is 5.97 Å². The maximum atomic E-state index is 12.5. The Morgan fingerprint density at radius 2 is 0.658 bits per heavy atom. The molecule has 0 aliphatic heterocycles. The third-order valence-electron chi connectivity index (χ3n) is 15.9. The molecule has 0 aromatic heterocycles. The maximum absolute atomic E-state index is 12.5. The van der Waals surface area contributed by atoms with Crippen molar-refractivity contribution in [2.24, 2.45) is 0 Å². The van der Waals surface area contributed by atoms with Crippen molar-refractivity contribution >= 4 is 11.9 Å². The molecule has 0 saturated carbocycles. The van der Waals surface area contributed by atoms with Gasteiger partial charge < -0.3 is 20.3 Å².